The number of halogens is 1. The van der Waals surface area contributed by atoms with Gasteiger partial charge >= 0.3 is 5.97 Å². The molecule has 1 aliphatic heterocycles. The van der Waals surface area contributed by atoms with Crippen LogP contribution < -0.4 is 15.1 Å². The number of carboxylic acids is 1. The molecule has 1 heterocycles. The van der Waals surface area contributed by atoms with Crippen molar-refractivity contribution in [2.45, 2.75) is 0 Å². The average molecular weight is 474 g/mol. The predicted octanol–water partition coefficient (Wildman–Crippen LogP) is 3.04. The van der Waals surface area contributed by atoms with Crippen LogP contribution in [0, 0.1) is 0 Å². The number of carbonyl (C=O) groups is 3. The molecule has 148 valence electrons. The van der Waals surface area contributed by atoms with Gasteiger partial charge in [0.2, 0.25) is 0 Å². The molecule has 0 saturated carbocycles. The Labute approximate surface area is 180 Å². The van der Waals surface area contributed by atoms with Gasteiger partial charge in [0, 0.05) is 18.6 Å². The first-order valence-electron chi connectivity index (χ1n) is 8.40. The lowest BCUT2D eigenvalue weighted by Gasteiger charge is -2.29. The summed E-state index contributed by atoms with van der Waals surface area (Å²) in [6.07, 6.45) is 1.47. The Morgan fingerprint density at radius 2 is 1.93 bits per heavy atom. The Hall–Kier alpha value is -3.04. The van der Waals surface area contributed by atoms with Gasteiger partial charge in [0.15, 0.2) is 5.11 Å². The first-order valence-corrected chi connectivity index (χ1v) is 9.61. The van der Waals surface area contributed by atoms with Gasteiger partial charge in [-0.25, -0.2) is 4.79 Å². The fourth-order valence-electron chi connectivity index (χ4n) is 2.81. The number of amides is 2. The van der Waals surface area contributed by atoms with Crippen LogP contribution in [-0.2, 0) is 9.59 Å². The summed E-state index contributed by atoms with van der Waals surface area (Å²) in [5.41, 5.74) is 1.75. The van der Waals surface area contributed by atoms with Gasteiger partial charge in [-0.15, -0.1) is 0 Å². The van der Waals surface area contributed by atoms with Gasteiger partial charge < -0.3 is 10.0 Å². The molecule has 0 aliphatic carbocycles. The highest BCUT2D eigenvalue weighted by Gasteiger charge is 2.34. The number of carboxylic acid groups (broad SMARTS) is 1. The summed E-state index contributed by atoms with van der Waals surface area (Å²) < 4.78 is 0.807. The zero-order valence-electron chi connectivity index (χ0n) is 15.5. The van der Waals surface area contributed by atoms with E-state index in [-0.39, 0.29) is 21.9 Å². The van der Waals surface area contributed by atoms with Crippen LogP contribution in [-0.4, -0.2) is 42.1 Å². The molecular formula is C20H16BrN3O4S. The molecule has 0 atom stereocenters. The number of nitrogens with one attached hydrogen (secondary N) is 1. The third kappa shape index (κ3) is 4.20. The van der Waals surface area contributed by atoms with Gasteiger partial charge in [-0.1, -0.05) is 12.1 Å². The van der Waals surface area contributed by atoms with Crippen LogP contribution in [0.15, 0.2) is 52.5 Å². The van der Waals surface area contributed by atoms with E-state index in [9.17, 15) is 19.5 Å². The van der Waals surface area contributed by atoms with E-state index in [1.54, 1.807) is 18.2 Å². The number of hydrogen-bond donors (Lipinski definition) is 2. The SMILES string of the molecule is CN(C)c1ccc(C=C2C(=O)NC(=S)N(c3cccc(C(=O)O)c3)C2=O)cc1Br. The summed E-state index contributed by atoms with van der Waals surface area (Å²) in [5, 5.41) is 11.6. The molecule has 0 unspecified atom stereocenters. The molecular weight excluding hydrogens is 458 g/mol. The summed E-state index contributed by atoms with van der Waals surface area (Å²) in [6.45, 7) is 0. The average Bonchev–Trinajstić information content (AvgIpc) is 2.65. The zero-order valence-corrected chi connectivity index (χ0v) is 17.9. The molecule has 29 heavy (non-hydrogen) atoms. The van der Waals surface area contributed by atoms with Crippen LogP contribution in [0.2, 0.25) is 0 Å². The molecule has 0 aromatic heterocycles. The van der Waals surface area contributed by atoms with Crippen molar-refractivity contribution in [3.8, 4) is 0 Å². The molecule has 2 N–H and O–H groups in total. The van der Waals surface area contributed by atoms with E-state index >= 15 is 0 Å². The van der Waals surface area contributed by atoms with Gasteiger partial charge in [0.05, 0.1) is 16.9 Å². The van der Waals surface area contributed by atoms with Crippen molar-refractivity contribution >= 4 is 68.5 Å². The number of nitrogens with zero attached hydrogens (tertiary/aromatic N) is 2. The van der Waals surface area contributed by atoms with E-state index in [0.29, 0.717) is 5.56 Å². The first kappa shape index (κ1) is 20.7. The Morgan fingerprint density at radius 1 is 1.21 bits per heavy atom. The minimum Gasteiger partial charge on any atom is -0.478 e. The molecule has 0 radical (unpaired) electrons. The minimum absolute atomic E-state index is 0.00346. The summed E-state index contributed by atoms with van der Waals surface area (Å²) in [7, 11) is 3.81. The van der Waals surface area contributed by atoms with Crippen molar-refractivity contribution in [3.63, 3.8) is 0 Å². The van der Waals surface area contributed by atoms with Gasteiger partial charge in [-0.05, 0) is 70.1 Å². The van der Waals surface area contributed by atoms with Crippen molar-refractivity contribution in [3.05, 3.63) is 63.6 Å². The van der Waals surface area contributed by atoms with Crippen LogP contribution in [0.1, 0.15) is 15.9 Å². The number of benzene rings is 2. The van der Waals surface area contributed by atoms with Gasteiger partial charge in [0.1, 0.15) is 5.57 Å². The quantitative estimate of drug-likeness (QED) is 0.402. The Morgan fingerprint density at radius 3 is 2.55 bits per heavy atom. The topological polar surface area (TPSA) is 90.0 Å². The van der Waals surface area contributed by atoms with Crippen LogP contribution >= 0.6 is 28.1 Å². The van der Waals surface area contributed by atoms with E-state index < -0.39 is 17.8 Å². The molecule has 2 amide bonds. The van der Waals surface area contributed by atoms with E-state index in [1.807, 2.05) is 25.1 Å². The lowest BCUT2D eigenvalue weighted by Crippen LogP contribution is -2.54. The van der Waals surface area contributed by atoms with E-state index in [4.69, 9.17) is 12.2 Å². The smallest absolute Gasteiger partial charge is 0.335 e. The summed E-state index contributed by atoms with van der Waals surface area (Å²) in [5.74, 6) is -2.37. The molecule has 2 aromatic rings. The van der Waals surface area contributed by atoms with Crippen molar-refractivity contribution in [2.24, 2.45) is 0 Å². The molecule has 0 bridgehead atoms. The molecule has 1 saturated heterocycles. The van der Waals surface area contributed by atoms with Crippen molar-refractivity contribution in [2.75, 3.05) is 23.9 Å². The second-order valence-electron chi connectivity index (χ2n) is 6.42. The Bertz CT molecular complexity index is 1080. The Kier molecular flexibility index (Phi) is 5.81. The number of anilines is 2. The molecule has 1 aliphatic rings. The second kappa shape index (κ2) is 8.14. The lowest BCUT2D eigenvalue weighted by atomic mass is 10.1. The summed E-state index contributed by atoms with van der Waals surface area (Å²) >= 11 is 8.62. The van der Waals surface area contributed by atoms with Gasteiger partial charge in [-0.3, -0.25) is 19.8 Å². The van der Waals surface area contributed by atoms with Crippen LogP contribution in [0.3, 0.4) is 0 Å². The lowest BCUT2D eigenvalue weighted by molar-refractivity contribution is -0.122. The standard InChI is InChI=1S/C20H16BrN3O4S/c1-23(2)16-7-6-11(9-15(16)21)8-14-17(25)22-20(29)24(18(14)26)13-5-3-4-12(10-13)19(27)28/h3-10H,1-2H3,(H,27,28)(H,22,25,29). The van der Waals surface area contributed by atoms with Crippen molar-refractivity contribution < 1.29 is 19.5 Å². The number of hydrogen-bond acceptors (Lipinski definition) is 5. The third-order valence-electron chi connectivity index (χ3n) is 4.22. The molecule has 9 heteroatoms. The number of carbonyl (C=O) groups excluding carboxylic acids is 2. The largest absolute Gasteiger partial charge is 0.478 e. The highest BCUT2D eigenvalue weighted by atomic mass is 79.9. The predicted molar refractivity (Wildman–Crippen MR) is 118 cm³/mol. The molecule has 3 rings (SSSR count). The highest BCUT2D eigenvalue weighted by Crippen LogP contribution is 2.28. The third-order valence-corrected chi connectivity index (χ3v) is 5.14. The van der Waals surface area contributed by atoms with Crippen LogP contribution in [0.25, 0.3) is 6.08 Å². The maximum absolute atomic E-state index is 13.0. The fourth-order valence-corrected chi connectivity index (χ4v) is 3.84. The van der Waals surface area contributed by atoms with E-state index in [0.717, 1.165) is 15.1 Å². The van der Waals surface area contributed by atoms with Gasteiger partial charge in [-0.2, -0.15) is 0 Å². The fraction of sp³-hybridized carbons (Fsp3) is 0.100. The number of rotatable bonds is 4. The Balaban J connectivity index is 2.01. The van der Waals surface area contributed by atoms with Crippen LogP contribution in [0.5, 0.6) is 0 Å². The molecule has 7 nitrogen and oxygen atoms in total. The number of thiocarbonyl (C=S) groups is 1. The summed E-state index contributed by atoms with van der Waals surface area (Å²) in [4.78, 5) is 39.7. The monoisotopic (exact) mass is 473 g/mol. The van der Waals surface area contributed by atoms with Crippen molar-refractivity contribution in [1.29, 1.82) is 0 Å². The normalized spacial score (nSPS) is 15.5. The highest BCUT2D eigenvalue weighted by molar-refractivity contribution is 9.10. The maximum Gasteiger partial charge on any atom is 0.335 e. The maximum atomic E-state index is 13.0. The second-order valence-corrected chi connectivity index (χ2v) is 7.66. The first-order chi connectivity index (χ1) is 13.7. The van der Waals surface area contributed by atoms with Crippen LogP contribution in [0.4, 0.5) is 11.4 Å². The van der Waals surface area contributed by atoms with E-state index in [2.05, 4.69) is 21.2 Å². The molecule has 0 spiro atoms. The zero-order chi connectivity index (χ0) is 21.3. The summed E-state index contributed by atoms with van der Waals surface area (Å²) in [6, 6.07) is 11.2. The molecule has 2 aromatic carbocycles. The molecule has 1 fully saturated rings. The van der Waals surface area contributed by atoms with Crippen molar-refractivity contribution in [1.82, 2.24) is 5.32 Å². The van der Waals surface area contributed by atoms with E-state index in [1.165, 1.54) is 24.3 Å². The van der Waals surface area contributed by atoms with Gasteiger partial charge in [0.25, 0.3) is 11.8 Å². The number of aromatic carboxylic acids is 1. The minimum atomic E-state index is -1.13.